The fraction of sp³-hybridized carbons (Fsp3) is 0.400. The minimum Gasteiger partial charge on any atom is -0.481 e. The van der Waals surface area contributed by atoms with Crippen molar-refractivity contribution in [3.8, 4) is 0 Å². The molecule has 10 heteroatoms. The molecule has 2 aromatic heterocycles. The van der Waals surface area contributed by atoms with E-state index in [1.807, 2.05) is 79.7 Å². The number of hydrogen-bond donors (Lipinski definition) is 5. The van der Waals surface area contributed by atoms with Gasteiger partial charge in [0, 0.05) is 46.2 Å². The molecule has 2 aromatic rings. The lowest BCUT2D eigenvalue weighted by Gasteiger charge is -2.19. The third-order valence-corrected chi connectivity index (χ3v) is 8.62. The van der Waals surface area contributed by atoms with Crippen LogP contribution >= 0.6 is 0 Å². The molecule has 238 valence electrons. The van der Waals surface area contributed by atoms with Gasteiger partial charge in [-0.3, -0.25) is 19.2 Å². The van der Waals surface area contributed by atoms with E-state index < -0.39 is 11.9 Å². The van der Waals surface area contributed by atoms with Crippen LogP contribution in [-0.4, -0.2) is 49.6 Å². The third-order valence-electron chi connectivity index (χ3n) is 8.62. The number of nitrogens with one attached hydrogen (secondary N) is 3. The molecule has 1 unspecified atom stereocenters. The number of amides is 2. The SMILES string of the molecule is C/C=C1\C(=C\c2[nH]c(/C=c3\[nH]/c(=C\C4=NC(=O)C(C(C)(C)C)=C4C)c(C)c3CCC(=O)O)c(CCC(=O)O)c2C)NC(=O)C1C. The Morgan fingerprint density at radius 1 is 0.867 bits per heavy atom. The summed E-state index contributed by atoms with van der Waals surface area (Å²) in [5.41, 5.74) is 7.97. The summed E-state index contributed by atoms with van der Waals surface area (Å²) in [6, 6.07) is 0. The van der Waals surface area contributed by atoms with Crippen LogP contribution in [-0.2, 0) is 32.0 Å². The molecule has 1 saturated heterocycles. The molecule has 2 aliphatic heterocycles. The molecule has 0 aromatic carbocycles. The summed E-state index contributed by atoms with van der Waals surface area (Å²) in [5, 5.41) is 23.3. The number of carbonyl (C=O) groups is 4. The number of allylic oxidation sites excluding steroid dienone is 3. The maximum absolute atomic E-state index is 12.8. The summed E-state index contributed by atoms with van der Waals surface area (Å²) in [4.78, 5) is 59.4. The van der Waals surface area contributed by atoms with E-state index in [2.05, 4.69) is 20.3 Å². The van der Waals surface area contributed by atoms with Crippen LogP contribution in [0.15, 0.2) is 33.5 Å². The Hall–Kier alpha value is -4.73. The topological polar surface area (TPSA) is 165 Å². The van der Waals surface area contributed by atoms with Crippen molar-refractivity contribution in [2.45, 2.75) is 81.1 Å². The lowest BCUT2D eigenvalue weighted by atomic mass is 9.83. The molecule has 1 atom stereocenters. The lowest BCUT2D eigenvalue weighted by molar-refractivity contribution is -0.138. The predicted molar refractivity (Wildman–Crippen MR) is 174 cm³/mol. The van der Waals surface area contributed by atoms with Gasteiger partial charge < -0.3 is 25.5 Å². The lowest BCUT2D eigenvalue weighted by Crippen LogP contribution is -2.16. The van der Waals surface area contributed by atoms with Gasteiger partial charge in [-0.2, -0.15) is 0 Å². The normalized spacial score (nSPS) is 19.8. The van der Waals surface area contributed by atoms with Crippen molar-refractivity contribution in [2.24, 2.45) is 16.3 Å². The van der Waals surface area contributed by atoms with Crippen LogP contribution in [0.3, 0.4) is 0 Å². The summed E-state index contributed by atoms with van der Waals surface area (Å²) in [6.07, 6.45) is 7.86. The molecule has 0 saturated carbocycles. The van der Waals surface area contributed by atoms with Gasteiger partial charge in [-0.1, -0.05) is 26.8 Å². The van der Waals surface area contributed by atoms with Gasteiger partial charge in [0.05, 0.1) is 11.6 Å². The first-order valence-corrected chi connectivity index (χ1v) is 15.1. The Morgan fingerprint density at radius 3 is 2.04 bits per heavy atom. The second kappa shape index (κ2) is 12.7. The van der Waals surface area contributed by atoms with Crippen LogP contribution in [0, 0.1) is 25.2 Å². The number of H-pyrrole nitrogens is 2. The quantitative estimate of drug-likeness (QED) is 0.287. The summed E-state index contributed by atoms with van der Waals surface area (Å²) in [7, 11) is 0. The van der Waals surface area contributed by atoms with E-state index in [0.717, 1.165) is 39.1 Å². The van der Waals surface area contributed by atoms with E-state index >= 15 is 0 Å². The number of hydrogen-bond acceptors (Lipinski definition) is 4. The number of nitrogens with zero attached hydrogens (tertiary/aromatic N) is 1. The molecule has 4 rings (SSSR count). The van der Waals surface area contributed by atoms with Crippen molar-refractivity contribution in [3.63, 3.8) is 0 Å². The Labute approximate surface area is 262 Å². The van der Waals surface area contributed by atoms with E-state index in [4.69, 9.17) is 0 Å². The van der Waals surface area contributed by atoms with Crippen LogP contribution < -0.4 is 16.0 Å². The molecular formula is C35H42N4O6. The van der Waals surface area contributed by atoms with Crippen LogP contribution in [0.4, 0.5) is 0 Å². The number of carboxylic acids is 2. The maximum atomic E-state index is 12.8. The highest BCUT2D eigenvalue weighted by Crippen LogP contribution is 2.33. The number of carbonyl (C=O) groups excluding carboxylic acids is 2. The van der Waals surface area contributed by atoms with Crippen LogP contribution in [0.25, 0.3) is 18.2 Å². The molecular weight excluding hydrogens is 572 g/mol. The van der Waals surface area contributed by atoms with Crippen LogP contribution in [0.1, 0.15) is 88.0 Å². The standard InChI is InChI=1S/C35H42N4O6/c1-9-21-19(4)33(44)39-27(21)15-25-18(3)23(11-13-31(42)43)29(37-25)16-28-22(10-12-30(40)41)17(2)24(36-28)14-26-20(5)32(34(45)38-26)35(6,7)8/h9,14-16,19,36-37H,10-13H2,1-8H3,(H,39,44)(H,40,41)(H,42,43)/b21-9-,24-14-,27-15-,28-16-. The highest BCUT2D eigenvalue weighted by molar-refractivity contribution is 6.31. The minimum atomic E-state index is -0.925. The Kier molecular flexibility index (Phi) is 9.37. The van der Waals surface area contributed by atoms with E-state index in [9.17, 15) is 29.4 Å². The van der Waals surface area contributed by atoms with Gasteiger partial charge in [0.25, 0.3) is 5.91 Å². The van der Waals surface area contributed by atoms with Gasteiger partial charge in [0.2, 0.25) is 5.91 Å². The first kappa shape index (κ1) is 33.2. The zero-order valence-electron chi connectivity index (χ0n) is 27.2. The molecule has 10 nitrogen and oxygen atoms in total. The van der Waals surface area contributed by atoms with Gasteiger partial charge in [0.1, 0.15) is 0 Å². The third kappa shape index (κ3) is 6.84. The number of aromatic amines is 2. The van der Waals surface area contributed by atoms with Crippen LogP contribution in [0.2, 0.25) is 0 Å². The Morgan fingerprint density at radius 2 is 1.49 bits per heavy atom. The first-order chi connectivity index (χ1) is 21.0. The molecule has 4 heterocycles. The van der Waals surface area contributed by atoms with Crippen molar-refractivity contribution in [2.75, 3.05) is 0 Å². The van der Waals surface area contributed by atoms with E-state index in [-0.39, 0.29) is 48.8 Å². The number of aromatic nitrogens is 2. The van der Waals surface area contributed by atoms with E-state index in [1.54, 1.807) is 0 Å². The molecule has 1 fully saturated rings. The largest absolute Gasteiger partial charge is 0.481 e. The van der Waals surface area contributed by atoms with Gasteiger partial charge >= 0.3 is 11.9 Å². The zero-order valence-corrected chi connectivity index (χ0v) is 27.2. The number of aliphatic carboxylic acids is 2. The molecule has 0 spiro atoms. The van der Waals surface area contributed by atoms with Gasteiger partial charge in [-0.15, -0.1) is 0 Å². The monoisotopic (exact) mass is 614 g/mol. The van der Waals surface area contributed by atoms with Gasteiger partial charge in [0.15, 0.2) is 0 Å². The van der Waals surface area contributed by atoms with Gasteiger partial charge in [-0.05, 0) is 105 Å². The maximum Gasteiger partial charge on any atom is 0.303 e. The second-order valence-corrected chi connectivity index (χ2v) is 12.8. The molecule has 2 aliphatic rings. The highest BCUT2D eigenvalue weighted by Gasteiger charge is 2.32. The van der Waals surface area contributed by atoms with Crippen molar-refractivity contribution in [3.05, 3.63) is 72.8 Å². The highest BCUT2D eigenvalue weighted by atomic mass is 16.4. The van der Waals surface area contributed by atoms with E-state index in [1.165, 1.54) is 0 Å². The van der Waals surface area contributed by atoms with Crippen molar-refractivity contribution < 1.29 is 29.4 Å². The molecule has 0 radical (unpaired) electrons. The molecule has 2 amide bonds. The van der Waals surface area contributed by atoms with Crippen molar-refractivity contribution in [1.82, 2.24) is 15.3 Å². The van der Waals surface area contributed by atoms with Crippen molar-refractivity contribution >= 4 is 47.7 Å². The Balaban J connectivity index is 1.92. The Bertz CT molecular complexity index is 1850. The zero-order chi connectivity index (χ0) is 33.4. The predicted octanol–water partition coefficient (Wildman–Crippen LogP) is 4.00. The molecule has 45 heavy (non-hydrogen) atoms. The molecule has 0 bridgehead atoms. The van der Waals surface area contributed by atoms with Crippen molar-refractivity contribution in [1.29, 1.82) is 0 Å². The second-order valence-electron chi connectivity index (χ2n) is 12.8. The van der Waals surface area contributed by atoms with Gasteiger partial charge in [-0.25, -0.2) is 4.99 Å². The molecule has 5 N–H and O–H groups in total. The number of carboxylic acid groups (broad SMARTS) is 2. The van der Waals surface area contributed by atoms with Crippen LogP contribution in [0.5, 0.6) is 0 Å². The summed E-state index contributed by atoms with van der Waals surface area (Å²) < 4.78 is 0. The fourth-order valence-corrected chi connectivity index (χ4v) is 6.20. The number of rotatable bonds is 9. The number of aliphatic imine (C=N–C) groups is 1. The summed E-state index contributed by atoms with van der Waals surface area (Å²) in [6.45, 7) is 15.4. The first-order valence-electron chi connectivity index (χ1n) is 15.1. The smallest absolute Gasteiger partial charge is 0.303 e. The average molecular weight is 615 g/mol. The summed E-state index contributed by atoms with van der Waals surface area (Å²) >= 11 is 0. The molecule has 0 aliphatic carbocycles. The van der Waals surface area contributed by atoms with E-state index in [0.29, 0.717) is 33.4 Å². The summed E-state index contributed by atoms with van der Waals surface area (Å²) in [5.74, 6) is -2.47. The fourth-order valence-electron chi connectivity index (χ4n) is 6.20. The minimum absolute atomic E-state index is 0.0757. The average Bonchev–Trinajstić information content (AvgIpc) is 3.58.